The third kappa shape index (κ3) is 5.09. The van der Waals surface area contributed by atoms with E-state index in [0.29, 0.717) is 13.0 Å². The highest BCUT2D eigenvalue weighted by atomic mass is 16.5. The van der Waals surface area contributed by atoms with Crippen molar-refractivity contribution >= 4 is 5.91 Å². The van der Waals surface area contributed by atoms with Gasteiger partial charge in [-0.3, -0.25) is 4.79 Å². The van der Waals surface area contributed by atoms with Crippen LogP contribution in [0.25, 0.3) is 0 Å². The number of ether oxygens (including phenoxy) is 1. The average molecular weight is 339 g/mol. The quantitative estimate of drug-likeness (QED) is 0.801. The lowest BCUT2D eigenvalue weighted by molar-refractivity contribution is -0.121. The van der Waals surface area contributed by atoms with Gasteiger partial charge in [-0.15, -0.1) is 0 Å². The standard InChI is InChI=1S/C22H29NO2/c1-16-9-8-10-18(13-16)22(3,4)15-23-21(24)14-17(2)19-11-6-7-12-20(19)25-5/h6-13,17H,14-15H2,1-5H3,(H,23,24). The van der Waals surface area contributed by atoms with Crippen molar-refractivity contribution in [1.29, 1.82) is 0 Å². The minimum Gasteiger partial charge on any atom is -0.496 e. The Morgan fingerprint density at radius 3 is 2.56 bits per heavy atom. The van der Waals surface area contributed by atoms with E-state index in [0.717, 1.165) is 11.3 Å². The summed E-state index contributed by atoms with van der Waals surface area (Å²) >= 11 is 0. The van der Waals surface area contributed by atoms with Gasteiger partial charge in [0.25, 0.3) is 0 Å². The van der Waals surface area contributed by atoms with Gasteiger partial charge in [0.15, 0.2) is 0 Å². The van der Waals surface area contributed by atoms with Gasteiger partial charge < -0.3 is 10.1 Å². The van der Waals surface area contributed by atoms with Gasteiger partial charge in [-0.1, -0.05) is 68.8 Å². The molecule has 1 unspecified atom stereocenters. The van der Waals surface area contributed by atoms with Gasteiger partial charge >= 0.3 is 0 Å². The maximum atomic E-state index is 12.4. The SMILES string of the molecule is COc1ccccc1C(C)CC(=O)NCC(C)(C)c1cccc(C)c1. The highest BCUT2D eigenvalue weighted by Gasteiger charge is 2.22. The zero-order valence-corrected chi connectivity index (χ0v) is 15.9. The fourth-order valence-electron chi connectivity index (χ4n) is 3.02. The van der Waals surface area contributed by atoms with Crippen LogP contribution in [0, 0.1) is 6.92 Å². The molecule has 134 valence electrons. The summed E-state index contributed by atoms with van der Waals surface area (Å²) < 4.78 is 5.40. The third-order valence-electron chi connectivity index (χ3n) is 4.69. The minimum absolute atomic E-state index is 0.0686. The smallest absolute Gasteiger partial charge is 0.220 e. The fourth-order valence-corrected chi connectivity index (χ4v) is 3.02. The molecule has 0 bridgehead atoms. The lowest BCUT2D eigenvalue weighted by atomic mass is 9.84. The van der Waals surface area contributed by atoms with Crippen LogP contribution in [0.5, 0.6) is 5.75 Å². The van der Waals surface area contributed by atoms with E-state index in [1.807, 2.05) is 24.3 Å². The zero-order chi connectivity index (χ0) is 18.4. The van der Waals surface area contributed by atoms with Gasteiger partial charge in [0.05, 0.1) is 7.11 Å². The summed E-state index contributed by atoms with van der Waals surface area (Å²) in [5, 5.41) is 3.10. The van der Waals surface area contributed by atoms with E-state index in [-0.39, 0.29) is 17.2 Å². The number of para-hydroxylation sites is 1. The molecule has 0 radical (unpaired) electrons. The number of hydrogen-bond donors (Lipinski definition) is 1. The molecule has 0 aliphatic carbocycles. The van der Waals surface area contributed by atoms with Crippen LogP contribution in [0.1, 0.15) is 49.8 Å². The van der Waals surface area contributed by atoms with Crippen molar-refractivity contribution < 1.29 is 9.53 Å². The first-order valence-corrected chi connectivity index (χ1v) is 8.80. The van der Waals surface area contributed by atoms with Crippen molar-refractivity contribution in [2.24, 2.45) is 0 Å². The Labute approximate surface area is 151 Å². The van der Waals surface area contributed by atoms with Gasteiger partial charge in [0, 0.05) is 18.4 Å². The van der Waals surface area contributed by atoms with E-state index in [1.165, 1.54) is 11.1 Å². The lowest BCUT2D eigenvalue weighted by Gasteiger charge is -2.26. The molecule has 0 aliphatic rings. The Morgan fingerprint density at radius 2 is 1.88 bits per heavy atom. The van der Waals surface area contributed by atoms with E-state index < -0.39 is 0 Å². The second-order valence-corrected chi connectivity index (χ2v) is 7.38. The van der Waals surface area contributed by atoms with Crippen LogP contribution in [0.15, 0.2) is 48.5 Å². The molecule has 2 aromatic rings. The molecule has 0 saturated carbocycles. The Balaban J connectivity index is 1.96. The molecule has 1 N–H and O–H groups in total. The predicted molar refractivity (Wildman–Crippen MR) is 103 cm³/mol. The number of benzene rings is 2. The molecule has 0 aromatic heterocycles. The fraction of sp³-hybridized carbons (Fsp3) is 0.409. The average Bonchev–Trinajstić information content (AvgIpc) is 2.60. The second-order valence-electron chi connectivity index (χ2n) is 7.38. The molecular formula is C22H29NO2. The van der Waals surface area contributed by atoms with Crippen molar-refractivity contribution in [2.45, 2.75) is 45.4 Å². The van der Waals surface area contributed by atoms with Crippen molar-refractivity contribution in [3.8, 4) is 5.75 Å². The zero-order valence-electron chi connectivity index (χ0n) is 15.9. The molecule has 0 saturated heterocycles. The molecule has 0 spiro atoms. The van der Waals surface area contributed by atoms with Crippen molar-refractivity contribution in [3.63, 3.8) is 0 Å². The number of carbonyl (C=O) groups is 1. The molecule has 0 fully saturated rings. The van der Waals surface area contributed by atoms with E-state index in [9.17, 15) is 4.79 Å². The number of aryl methyl sites for hydroxylation is 1. The summed E-state index contributed by atoms with van der Waals surface area (Å²) in [6.45, 7) is 9.08. The Bertz CT molecular complexity index is 721. The molecule has 2 rings (SSSR count). The predicted octanol–water partition coefficient (Wildman–Crippen LogP) is 4.59. The molecule has 2 aromatic carbocycles. The van der Waals surface area contributed by atoms with E-state index in [2.05, 4.69) is 57.3 Å². The van der Waals surface area contributed by atoms with E-state index in [4.69, 9.17) is 4.74 Å². The highest BCUT2D eigenvalue weighted by molar-refractivity contribution is 5.77. The Hall–Kier alpha value is -2.29. The van der Waals surface area contributed by atoms with Gasteiger partial charge in [-0.2, -0.15) is 0 Å². The van der Waals surface area contributed by atoms with Gasteiger partial charge in [-0.05, 0) is 30.0 Å². The number of carbonyl (C=O) groups excluding carboxylic acids is 1. The van der Waals surface area contributed by atoms with Gasteiger partial charge in [0.2, 0.25) is 5.91 Å². The van der Waals surface area contributed by atoms with Crippen molar-refractivity contribution in [3.05, 3.63) is 65.2 Å². The highest BCUT2D eigenvalue weighted by Crippen LogP contribution is 2.28. The number of rotatable bonds is 7. The molecule has 1 atom stereocenters. The monoisotopic (exact) mass is 339 g/mol. The largest absolute Gasteiger partial charge is 0.496 e. The summed E-state index contributed by atoms with van der Waals surface area (Å²) in [6.07, 6.45) is 0.449. The summed E-state index contributed by atoms with van der Waals surface area (Å²) in [5.74, 6) is 1.01. The molecule has 3 nitrogen and oxygen atoms in total. The van der Waals surface area contributed by atoms with Crippen LogP contribution < -0.4 is 10.1 Å². The normalized spacial score (nSPS) is 12.5. The maximum absolute atomic E-state index is 12.4. The maximum Gasteiger partial charge on any atom is 0.220 e. The molecule has 0 heterocycles. The topological polar surface area (TPSA) is 38.3 Å². The van der Waals surface area contributed by atoms with Crippen LogP contribution in [0.4, 0.5) is 0 Å². The van der Waals surface area contributed by atoms with Crippen LogP contribution >= 0.6 is 0 Å². The van der Waals surface area contributed by atoms with Crippen LogP contribution in [-0.2, 0) is 10.2 Å². The van der Waals surface area contributed by atoms with Crippen LogP contribution in [0.3, 0.4) is 0 Å². The van der Waals surface area contributed by atoms with Crippen LogP contribution in [0.2, 0.25) is 0 Å². The Morgan fingerprint density at radius 1 is 1.16 bits per heavy atom. The molecule has 25 heavy (non-hydrogen) atoms. The number of hydrogen-bond acceptors (Lipinski definition) is 2. The van der Waals surface area contributed by atoms with E-state index >= 15 is 0 Å². The minimum atomic E-state index is -0.102. The summed E-state index contributed by atoms with van der Waals surface area (Å²) in [4.78, 5) is 12.4. The van der Waals surface area contributed by atoms with E-state index in [1.54, 1.807) is 7.11 Å². The molecule has 3 heteroatoms. The lowest BCUT2D eigenvalue weighted by Crippen LogP contribution is -2.37. The summed E-state index contributed by atoms with van der Waals surface area (Å²) in [7, 11) is 1.66. The van der Waals surface area contributed by atoms with Gasteiger partial charge in [-0.25, -0.2) is 0 Å². The number of nitrogens with one attached hydrogen (secondary N) is 1. The first-order chi connectivity index (χ1) is 11.8. The Kier molecular flexibility index (Phi) is 6.24. The summed E-state index contributed by atoms with van der Waals surface area (Å²) in [6, 6.07) is 16.3. The first-order valence-electron chi connectivity index (χ1n) is 8.80. The molecule has 1 amide bonds. The van der Waals surface area contributed by atoms with Crippen LogP contribution in [-0.4, -0.2) is 19.6 Å². The second kappa shape index (κ2) is 8.19. The summed E-state index contributed by atoms with van der Waals surface area (Å²) in [5.41, 5.74) is 3.44. The molecule has 0 aliphatic heterocycles. The van der Waals surface area contributed by atoms with Crippen molar-refractivity contribution in [1.82, 2.24) is 5.32 Å². The molecular weight excluding hydrogens is 310 g/mol. The number of amides is 1. The third-order valence-corrected chi connectivity index (χ3v) is 4.69. The first kappa shape index (κ1) is 19.0. The number of methoxy groups -OCH3 is 1. The van der Waals surface area contributed by atoms with Gasteiger partial charge in [0.1, 0.15) is 5.75 Å². The van der Waals surface area contributed by atoms with Crippen molar-refractivity contribution in [2.75, 3.05) is 13.7 Å².